The molecule has 0 unspecified atom stereocenters. The Morgan fingerprint density at radius 2 is 1.90 bits per heavy atom. The van der Waals surface area contributed by atoms with Crippen molar-refractivity contribution < 1.29 is 9.59 Å². The van der Waals surface area contributed by atoms with Crippen LogP contribution in [0.4, 0.5) is 0 Å². The van der Waals surface area contributed by atoms with Crippen LogP contribution < -0.4 is 5.32 Å². The molecule has 3 aromatic rings. The molecule has 1 saturated carbocycles. The van der Waals surface area contributed by atoms with Crippen molar-refractivity contribution in [3.8, 4) is 0 Å². The van der Waals surface area contributed by atoms with Gasteiger partial charge in [0, 0.05) is 24.2 Å². The smallest absolute Gasteiger partial charge is 0.273 e. The number of carbonyl (C=O) groups is 2. The number of nitrogens with zero attached hydrogens (tertiary/aromatic N) is 5. The van der Waals surface area contributed by atoms with Crippen molar-refractivity contribution in [3.63, 3.8) is 0 Å². The number of benzene rings is 1. The van der Waals surface area contributed by atoms with Crippen LogP contribution >= 0.6 is 0 Å². The molecular formula is C23H26N6O2. The number of carbonyl (C=O) groups excluding carboxylic acids is 2. The maximum Gasteiger partial charge on any atom is 0.273 e. The second-order valence-corrected chi connectivity index (χ2v) is 8.46. The quantitative estimate of drug-likeness (QED) is 0.688. The monoisotopic (exact) mass is 418 g/mol. The molecule has 1 saturated heterocycles. The number of likely N-dealkylation sites (tertiary alicyclic amines) is 1. The van der Waals surface area contributed by atoms with E-state index in [2.05, 4.69) is 20.6 Å². The molecule has 5 rings (SSSR count). The van der Waals surface area contributed by atoms with Gasteiger partial charge >= 0.3 is 0 Å². The van der Waals surface area contributed by atoms with Crippen molar-refractivity contribution in [3.05, 3.63) is 54.1 Å². The Kier molecular flexibility index (Phi) is 5.36. The molecule has 2 fully saturated rings. The minimum atomic E-state index is -0.169. The number of pyridine rings is 1. The van der Waals surface area contributed by atoms with E-state index in [4.69, 9.17) is 0 Å². The van der Waals surface area contributed by atoms with Crippen LogP contribution in [0.5, 0.6) is 0 Å². The average molecular weight is 419 g/mol. The van der Waals surface area contributed by atoms with Gasteiger partial charge in [-0.1, -0.05) is 42.3 Å². The van der Waals surface area contributed by atoms with E-state index in [0.717, 1.165) is 49.3 Å². The zero-order valence-electron chi connectivity index (χ0n) is 17.4. The molecule has 1 N–H and O–H groups in total. The van der Waals surface area contributed by atoms with Gasteiger partial charge in [-0.2, -0.15) is 0 Å². The summed E-state index contributed by atoms with van der Waals surface area (Å²) in [6.07, 6.45) is 9.57. The van der Waals surface area contributed by atoms with Gasteiger partial charge in [-0.15, -0.1) is 5.10 Å². The fourth-order valence-electron chi connectivity index (χ4n) is 4.76. The fourth-order valence-corrected chi connectivity index (χ4v) is 4.76. The Labute approximate surface area is 180 Å². The zero-order chi connectivity index (χ0) is 21.2. The predicted molar refractivity (Wildman–Crippen MR) is 116 cm³/mol. The largest absolute Gasteiger partial charge is 0.348 e. The third-order valence-electron chi connectivity index (χ3n) is 6.37. The van der Waals surface area contributed by atoms with Crippen molar-refractivity contribution >= 4 is 22.6 Å². The molecule has 3 heterocycles. The molecule has 31 heavy (non-hydrogen) atoms. The van der Waals surface area contributed by atoms with E-state index in [1.165, 1.54) is 0 Å². The molecule has 8 heteroatoms. The summed E-state index contributed by atoms with van der Waals surface area (Å²) in [5.74, 6) is -0.226. The van der Waals surface area contributed by atoms with Gasteiger partial charge in [0.25, 0.3) is 11.8 Å². The third kappa shape index (κ3) is 4.02. The van der Waals surface area contributed by atoms with E-state index in [-0.39, 0.29) is 23.9 Å². The summed E-state index contributed by atoms with van der Waals surface area (Å²) in [5.41, 5.74) is 0.818. The highest BCUT2D eigenvalue weighted by atomic mass is 16.2. The van der Waals surface area contributed by atoms with E-state index in [9.17, 15) is 9.59 Å². The highest BCUT2D eigenvalue weighted by Gasteiger charge is 2.31. The summed E-state index contributed by atoms with van der Waals surface area (Å²) >= 11 is 0. The van der Waals surface area contributed by atoms with Gasteiger partial charge in [0.1, 0.15) is 5.69 Å². The highest BCUT2D eigenvalue weighted by molar-refractivity contribution is 6.05. The van der Waals surface area contributed by atoms with Gasteiger partial charge in [0.05, 0.1) is 18.8 Å². The molecule has 2 aliphatic rings. The van der Waals surface area contributed by atoms with E-state index in [0.29, 0.717) is 24.5 Å². The van der Waals surface area contributed by atoms with Crippen LogP contribution in [-0.4, -0.2) is 55.3 Å². The lowest BCUT2D eigenvalue weighted by atomic mass is 10.1. The standard InChI is InChI=1S/C23H26N6O2/c30-22(25-17-7-2-3-8-17)20-15-28(27-26-20)14-18-9-5-13-29(18)23(31)21-19-10-4-1-6-16(19)11-12-24-21/h1,4,6,10-12,15,17-18H,2-3,5,7-9,13-14H2,(H,25,30)/t18-/m0/s1. The second kappa shape index (κ2) is 8.45. The Balaban J connectivity index is 1.29. The van der Waals surface area contributed by atoms with E-state index < -0.39 is 0 Å². The van der Waals surface area contributed by atoms with Crippen LogP contribution in [0.2, 0.25) is 0 Å². The SMILES string of the molecule is O=C(NC1CCCC1)c1cn(C[C@@H]2CCCN2C(=O)c2nccc3ccccc23)nn1. The molecule has 0 spiro atoms. The van der Waals surface area contributed by atoms with Crippen LogP contribution in [0, 0.1) is 0 Å². The van der Waals surface area contributed by atoms with Gasteiger partial charge in [0.2, 0.25) is 0 Å². The number of hydrogen-bond acceptors (Lipinski definition) is 5. The molecule has 1 aromatic carbocycles. The lowest BCUT2D eigenvalue weighted by molar-refractivity contribution is 0.0717. The minimum absolute atomic E-state index is 0.000659. The molecular weight excluding hydrogens is 392 g/mol. The lowest BCUT2D eigenvalue weighted by Crippen LogP contribution is -2.38. The molecule has 1 atom stereocenters. The van der Waals surface area contributed by atoms with Crippen molar-refractivity contribution in [1.82, 2.24) is 30.2 Å². The number of nitrogens with one attached hydrogen (secondary N) is 1. The second-order valence-electron chi connectivity index (χ2n) is 8.46. The maximum atomic E-state index is 13.3. The summed E-state index contributed by atoms with van der Waals surface area (Å²) in [5, 5.41) is 13.1. The van der Waals surface area contributed by atoms with Gasteiger partial charge in [-0.05, 0) is 37.1 Å². The number of aromatic nitrogens is 4. The number of rotatable bonds is 5. The lowest BCUT2D eigenvalue weighted by Gasteiger charge is -2.24. The minimum Gasteiger partial charge on any atom is -0.348 e. The Hall–Kier alpha value is -3.29. The van der Waals surface area contributed by atoms with Crippen LogP contribution in [0.25, 0.3) is 10.8 Å². The van der Waals surface area contributed by atoms with Gasteiger partial charge < -0.3 is 10.2 Å². The first-order chi connectivity index (χ1) is 15.2. The fraction of sp³-hybridized carbons (Fsp3) is 0.435. The molecule has 0 bridgehead atoms. The normalized spacial score (nSPS) is 19.2. The first-order valence-corrected chi connectivity index (χ1v) is 11.0. The van der Waals surface area contributed by atoms with E-state index >= 15 is 0 Å². The summed E-state index contributed by atoms with van der Waals surface area (Å²) in [4.78, 5) is 32.0. The molecule has 0 radical (unpaired) electrons. The number of amides is 2. The molecule has 2 aromatic heterocycles. The van der Waals surface area contributed by atoms with E-state index in [1.54, 1.807) is 17.1 Å². The van der Waals surface area contributed by atoms with Crippen LogP contribution in [-0.2, 0) is 6.54 Å². The third-order valence-corrected chi connectivity index (χ3v) is 6.37. The van der Waals surface area contributed by atoms with Crippen LogP contribution in [0.1, 0.15) is 59.5 Å². The first kappa shape index (κ1) is 19.7. The summed E-state index contributed by atoms with van der Waals surface area (Å²) in [7, 11) is 0. The maximum absolute atomic E-state index is 13.3. The molecule has 8 nitrogen and oxygen atoms in total. The molecule has 160 valence electrons. The van der Waals surface area contributed by atoms with Gasteiger partial charge in [0.15, 0.2) is 5.69 Å². The van der Waals surface area contributed by atoms with Crippen LogP contribution in [0.15, 0.2) is 42.7 Å². The van der Waals surface area contributed by atoms with Crippen LogP contribution in [0.3, 0.4) is 0 Å². The Morgan fingerprint density at radius 3 is 2.77 bits per heavy atom. The number of hydrogen-bond donors (Lipinski definition) is 1. The molecule has 1 aliphatic heterocycles. The summed E-state index contributed by atoms with van der Waals surface area (Å²) in [6.45, 7) is 1.21. The van der Waals surface area contributed by atoms with Gasteiger partial charge in [-0.25, -0.2) is 4.68 Å². The van der Waals surface area contributed by atoms with Crippen molar-refractivity contribution in [2.75, 3.05) is 6.54 Å². The highest BCUT2D eigenvalue weighted by Crippen LogP contribution is 2.24. The topological polar surface area (TPSA) is 93.0 Å². The number of fused-ring (bicyclic) bond motifs is 1. The zero-order valence-corrected chi connectivity index (χ0v) is 17.4. The van der Waals surface area contributed by atoms with Crippen molar-refractivity contribution in [1.29, 1.82) is 0 Å². The Morgan fingerprint density at radius 1 is 1.06 bits per heavy atom. The van der Waals surface area contributed by atoms with Crippen molar-refractivity contribution in [2.45, 2.75) is 57.2 Å². The van der Waals surface area contributed by atoms with Gasteiger partial charge in [-0.3, -0.25) is 14.6 Å². The molecule has 1 aliphatic carbocycles. The summed E-state index contributed by atoms with van der Waals surface area (Å²) in [6, 6.07) is 9.97. The van der Waals surface area contributed by atoms with Crippen molar-refractivity contribution in [2.24, 2.45) is 0 Å². The first-order valence-electron chi connectivity index (χ1n) is 11.0. The average Bonchev–Trinajstić information content (AvgIpc) is 3.55. The Bertz CT molecular complexity index is 1100. The summed E-state index contributed by atoms with van der Waals surface area (Å²) < 4.78 is 1.68. The predicted octanol–water partition coefficient (Wildman–Crippen LogP) is 2.80. The van der Waals surface area contributed by atoms with E-state index in [1.807, 2.05) is 35.2 Å². The molecule has 2 amide bonds.